The van der Waals surface area contributed by atoms with Gasteiger partial charge in [0.15, 0.2) is 0 Å². The van der Waals surface area contributed by atoms with Crippen molar-refractivity contribution >= 4 is 29.1 Å². The lowest BCUT2D eigenvalue weighted by molar-refractivity contribution is -0.147. The molecule has 2 aromatic carbocycles. The van der Waals surface area contributed by atoms with E-state index < -0.39 is 23.3 Å². The molecule has 0 saturated heterocycles. The van der Waals surface area contributed by atoms with Crippen molar-refractivity contribution < 1.29 is 19.5 Å². The topological polar surface area (TPSA) is 99.6 Å². The molecule has 1 aliphatic rings. The van der Waals surface area contributed by atoms with Crippen molar-refractivity contribution in [1.82, 2.24) is 15.2 Å². The highest BCUT2D eigenvalue weighted by molar-refractivity contribution is 7.13. The average molecular weight is 464 g/mol. The van der Waals surface area contributed by atoms with E-state index in [4.69, 9.17) is 4.98 Å². The van der Waals surface area contributed by atoms with E-state index in [-0.39, 0.29) is 12.3 Å². The molecule has 2 amide bonds. The van der Waals surface area contributed by atoms with Crippen molar-refractivity contribution in [3.05, 3.63) is 65.5 Å². The molecule has 1 aliphatic carbocycles. The lowest BCUT2D eigenvalue weighted by Crippen LogP contribution is -2.49. The minimum absolute atomic E-state index is 0.126. The summed E-state index contributed by atoms with van der Waals surface area (Å²) in [6, 6.07) is 16.3. The number of carboxylic acids is 1. The summed E-state index contributed by atoms with van der Waals surface area (Å²) in [6.45, 7) is 0. The SMILES string of the molecule is CN(C)C(=O)C1(C(=O)N[C@@H](Cc2ccc(-c3nc(-c4ccccc4)cs3)cc2)C(=O)O)CC1. The Morgan fingerprint density at radius 1 is 1.06 bits per heavy atom. The fraction of sp³-hybridized carbons (Fsp3) is 0.280. The van der Waals surface area contributed by atoms with Crippen molar-refractivity contribution in [2.24, 2.45) is 5.41 Å². The molecule has 8 heteroatoms. The summed E-state index contributed by atoms with van der Waals surface area (Å²) in [7, 11) is 3.19. The van der Waals surface area contributed by atoms with Crippen molar-refractivity contribution in [3.8, 4) is 21.8 Å². The van der Waals surface area contributed by atoms with Crippen LogP contribution in [-0.2, 0) is 20.8 Å². The molecular weight excluding hydrogens is 438 g/mol. The number of carbonyl (C=O) groups excluding carboxylic acids is 2. The van der Waals surface area contributed by atoms with Crippen molar-refractivity contribution in [2.75, 3.05) is 14.1 Å². The first-order valence-electron chi connectivity index (χ1n) is 10.7. The van der Waals surface area contributed by atoms with Gasteiger partial charge >= 0.3 is 5.97 Å². The first-order valence-corrected chi connectivity index (χ1v) is 11.5. The van der Waals surface area contributed by atoms with Crippen LogP contribution in [0.25, 0.3) is 21.8 Å². The van der Waals surface area contributed by atoms with E-state index in [1.807, 2.05) is 60.0 Å². The maximum Gasteiger partial charge on any atom is 0.326 e. The van der Waals surface area contributed by atoms with Crippen LogP contribution in [0.4, 0.5) is 0 Å². The Labute approximate surface area is 196 Å². The zero-order valence-electron chi connectivity index (χ0n) is 18.4. The van der Waals surface area contributed by atoms with Crippen LogP contribution >= 0.6 is 11.3 Å². The number of benzene rings is 2. The first kappa shape index (κ1) is 22.7. The molecule has 2 N–H and O–H groups in total. The molecular formula is C25H25N3O4S. The Morgan fingerprint density at radius 2 is 1.73 bits per heavy atom. The van der Waals surface area contributed by atoms with Gasteiger partial charge in [-0.05, 0) is 18.4 Å². The fourth-order valence-electron chi connectivity index (χ4n) is 3.75. The number of amides is 2. The summed E-state index contributed by atoms with van der Waals surface area (Å²) < 4.78 is 0. The van der Waals surface area contributed by atoms with Gasteiger partial charge in [-0.3, -0.25) is 9.59 Å². The van der Waals surface area contributed by atoms with Crippen molar-refractivity contribution in [3.63, 3.8) is 0 Å². The van der Waals surface area contributed by atoms with Gasteiger partial charge in [0.05, 0.1) is 5.69 Å². The largest absolute Gasteiger partial charge is 0.480 e. The van der Waals surface area contributed by atoms with Gasteiger partial charge in [-0.1, -0.05) is 54.6 Å². The third-order valence-electron chi connectivity index (χ3n) is 5.82. The number of carbonyl (C=O) groups is 3. The second kappa shape index (κ2) is 9.15. The van der Waals surface area contributed by atoms with E-state index in [1.165, 1.54) is 4.90 Å². The number of aromatic nitrogens is 1. The molecule has 3 aromatic rings. The number of nitrogens with zero attached hydrogens (tertiary/aromatic N) is 2. The van der Waals surface area contributed by atoms with Gasteiger partial charge in [0, 0.05) is 37.0 Å². The minimum Gasteiger partial charge on any atom is -0.480 e. The molecule has 4 rings (SSSR count). The molecule has 1 atom stereocenters. The van der Waals surface area contributed by atoms with Crippen LogP contribution in [-0.4, -0.2) is 52.9 Å². The molecule has 7 nitrogen and oxygen atoms in total. The Morgan fingerprint density at radius 3 is 2.30 bits per heavy atom. The monoisotopic (exact) mass is 463 g/mol. The molecule has 0 unspecified atom stereocenters. The summed E-state index contributed by atoms with van der Waals surface area (Å²) in [5.41, 5.74) is 2.56. The Balaban J connectivity index is 1.44. The van der Waals surface area contributed by atoms with Crippen LogP contribution in [0.1, 0.15) is 18.4 Å². The summed E-state index contributed by atoms with van der Waals surface area (Å²) in [4.78, 5) is 42.9. The number of hydrogen-bond donors (Lipinski definition) is 2. The highest BCUT2D eigenvalue weighted by Crippen LogP contribution is 2.47. The van der Waals surface area contributed by atoms with Crippen LogP contribution in [0.5, 0.6) is 0 Å². The molecule has 1 aromatic heterocycles. The zero-order valence-corrected chi connectivity index (χ0v) is 19.3. The Bertz CT molecular complexity index is 1170. The van der Waals surface area contributed by atoms with Gasteiger partial charge in [-0.2, -0.15) is 0 Å². The molecule has 170 valence electrons. The van der Waals surface area contributed by atoms with Crippen LogP contribution in [0.2, 0.25) is 0 Å². The average Bonchev–Trinajstić information content (AvgIpc) is 3.48. The molecule has 1 saturated carbocycles. The van der Waals surface area contributed by atoms with Gasteiger partial charge in [0.25, 0.3) is 0 Å². The van der Waals surface area contributed by atoms with Crippen LogP contribution in [0, 0.1) is 5.41 Å². The second-order valence-corrected chi connectivity index (χ2v) is 9.31. The van der Waals surface area contributed by atoms with E-state index in [2.05, 4.69) is 5.32 Å². The standard InChI is InChI=1S/C25H25N3O4S/c1-28(2)24(32)25(12-13-25)23(31)27-19(22(29)30)14-16-8-10-18(11-9-16)21-26-20(15-33-21)17-6-4-3-5-7-17/h3-11,15,19H,12-14H2,1-2H3,(H,27,31)(H,29,30)/t19-/m0/s1. The maximum absolute atomic E-state index is 12.7. The summed E-state index contributed by atoms with van der Waals surface area (Å²) in [5, 5.41) is 15.1. The number of carboxylic acid groups (broad SMARTS) is 1. The van der Waals surface area contributed by atoms with Gasteiger partial charge in [-0.15, -0.1) is 11.3 Å². The fourth-order valence-corrected chi connectivity index (χ4v) is 4.59. The van der Waals surface area contributed by atoms with Gasteiger partial charge < -0.3 is 15.3 Å². The van der Waals surface area contributed by atoms with E-state index in [1.54, 1.807) is 25.4 Å². The molecule has 1 heterocycles. The van der Waals surface area contributed by atoms with Crippen molar-refractivity contribution in [1.29, 1.82) is 0 Å². The molecule has 0 radical (unpaired) electrons. The molecule has 33 heavy (non-hydrogen) atoms. The maximum atomic E-state index is 12.7. The van der Waals surface area contributed by atoms with E-state index >= 15 is 0 Å². The number of hydrogen-bond acceptors (Lipinski definition) is 5. The minimum atomic E-state index is -1.13. The molecule has 0 aliphatic heterocycles. The molecule has 0 bridgehead atoms. The van der Waals surface area contributed by atoms with Crippen LogP contribution in [0.15, 0.2) is 60.0 Å². The van der Waals surface area contributed by atoms with Crippen molar-refractivity contribution in [2.45, 2.75) is 25.3 Å². The number of thiazole rings is 1. The highest BCUT2D eigenvalue weighted by atomic mass is 32.1. The third-order valence-corrected chi connectivity index (χ3v) is 6.71. The third kappa shape index (κ3) is 4.80. The Kier molecular flexibility index (Phi) is 6.29. The predicted octanol–water partition coefficient (Wildman–Crippen LogP) is 3.46. The lowest BCUT2D eigenvalue weighted by Gasteiger charge is -2.22. The predicted molar refractivity (Wildman–Crippen MR) is 127 cm³/mol. The van der Waals surface area contributed by atoms with Gasteiger partial charge in [0.1, 0.15) is 16.5 Å². The smallest absolute Gasteiger partial charge is 0.326 e. The van der Waals surface area contributed by atoms with E-state index in [9.17, 15) is 19.5 Å². The first-order chi connectivity index (χ1) is 15.8. The second-order valence-electron chi connectivity index (χ2n) is 8.45. The van der Waals surface area contributed by atoms with Gasteiger partial charge in [0.2, 0.25) is 11.8 Å². The van der Waals surface area contributed by atoms with Gasteiger partial charge in [-0.25, -0.2) is 9.78 Å². The normalized spacial score (nSPS) is 14.8. The summed E-state index contributed by atoms with van der Waals surface area (Å²) >= 11 is 1.55. The summed E-state index contributed by atoms with van der Waals surface area (Å²) in [6.07, 6.45) is 1.01. The number of nitrogens with one attached hydrogen (secondary N) is 1. The molecule has 0 spiro atoms. The Hall–Kier alpha value is -3.52. The number of aliphatic carboxylic acids is 1. The summed E-state index contributed by atoms with van der Waals surface area (Å²) in [5.74, 6) is -1.93. The molecule has 1 fully saturated rings. The van der Waals surface area contributed by atoms with E-state index in [0.29, 0.717) is 12.8 Å². The van der Waals surface area contributed by atoms with Crippen LogP contribution < -0.4 is 5.32 Å². The highest BCUT2D eigenvalue weighted by Gasteiger charge is 2.57. The van der Waals surface area contributed by atoms with Crippen LogP contribution in [0.3, 0.4) is 0 Å². The lowest BCUT2D eigenvalue weighted by atomic mass is 10.0. The van der Waals surface area contributed by atoms with E-state index in [0.717, 1.165) is 27.4 Å². The zero-order chi connectivity index (χ0) is 23.6. The number of rotatable bonds is 8. The quantitative estimate of drug-likeness (QED) is 0.499.